The molecular formula is C16H15N3O3S2. The topological polar surface area (TPSA) is 95.1 Å². The van der Waals surface area contributed by atoms with E-state index in [1.54, 1.807) is 0 Å². The molecule has 0 saturated carbocycles. The Morgan fingerprint density at radius 1 is 1.42 bits per heavy atom. The Labute approximate surface area is 145 Å². The number of hydrogen-bond acceptors (Lipinski definition) is 6. The van der Waals surface area contributed by atoms with Crippen LogP contribution in [0.5, 0.6) is 5.75 Å². The number of amides is 1. The van der Waals surface area contributed by atoms with Gasteiger partial charge < -0.3 is 15.4 Å². The van der Waals surface area contributed by atoms with Crippen molar-refractivity contribution in [3.05, 3.63) is 52.3 Å². The van der Waals surface area contributed by atoms with Crippen LogP contribution in [0.1, 0.15) is 18.5 Å². The van der Waals surface area contributed by atoms with E-state index in [0.29, 0.717) is 14.7 Å². The second-order valence-electron chi connectivity index (χ2n) is 5.16. The van der Waals surface area contributed by atoms with Gasteiger partial charge in [-0.2, -0.15) is 0 Å². The molecule has 0 fully saturated rings. The quantitative estimate of drug-likeness (QED) is 0.607. The third-order valence-electron chi connectivity index (χ3n) is 3.35. The zero-order valence-electron chi connectivity index (χ0n) is 12.8. The fraction of sp³-hybridized carbons (Fsp3) is 0.188. The van der Waals surface area contributed by atoms with Crippen molar-refractivity contribution in [2.24, 2.45) is 0 Å². The molecule has 0 aliphatic carbocycles. The molecule has 124 valence electrons. The summed E-state index contributed by atoms with van der Waals surface area (Å²) in [4.78, 5) is 30.2. The van der Waals surface area contributed by atoms with Crippen LogP contribution in [0, 0.1) is 0 Å². The Hall–Kier alpha value is -2.32. The summed E-state index contributed by atoms with van der Waals surface area (Å²) < 4.78 is 1.12. The maximum atomic E-state index is 12.1. The number of aromatic nitrogens is 2. The summed E-state index contributed by atoms with van der Waals surface area (Å²) in [5, 5.41) is 12.7. The predicted molar refractivity (Wildman–Crippen MR) is 95.6 cm³/mol. The van der Waals surface area contributed by atoms with Crippen LogP contribution in [-0.2, 0) is 4.79 Å². The van der Waals surface area contributed by atoms with Crippen molar-refractivity contribution in [2.45, 2.75) is 17.3 Å². The van der Waals surface area contributed by atoms with Crippen molar-refractivity contribution in [3.8, 4) is 5.75 Å². The van der Waals surface area contributed by atoms with Gasteiger partial charge in [0, 0.05) is 6.07 Å². The van der Waals surface area contributed by atoms with E-state index in [9.17, 15) is 14.7 Å². The lowest BCUT2D eigenvalue weighted by Gasteiger charge is -2.13. The number of nitrogens with zero attached hydrogens (tertiary/aromatic N) is 1. The number of thiazole rings is 1. The van der Waals surface area contributed by atoms with E-state index in [0.717, 1.165) is 11.6 Å². The van der Waals surface area contributed by atoms with Crippen LogP contribution in [0.4, 0.5) is 0 Å². The summed E-state index contributed by atoms with van der Waals surface area (Å²) in [6.07, 6.45) is 0. The smallest absolute Gasteiger partial charge is 0.253 e. The van der Waals surface area contributed by atoms with Crippen molar-refractivity contribution in [1.29, 1.82) is 0 Å². The normalized spacial score (nSPS) is 12.2. The molecule has 1 aromatic carbocycles. The molecule has 0 saturated heterocycles. The minimum atomic E-state index is -0.406. The Kier molecular flexibility index (Phi) is 4.86. The minimum absolute atomic E-state index is 0.0740. The largest absolute Gasteiger partial charge is 0.506 e. The number of aromatic hydroxyl groups is 1. The average Bonchev–Trinajstić information content (AvgIpc) is 2.97. The number of rotatable bonds is 5. The van der Waals surface area contributed by atoms with Gasteiger partial charge in [-0.05, 0) is 12.5 Å². The highest BCUT2D eigenvalue weighted by Gasteiger charge is 2.13. The summed E-state index contributed by atoms with van der Waals surface area (Å²) in [6.45, 7) is 1.93. The zero-order valence-corrected chi connectivity index (χ0v) is 14.4. The lowest BCUT2D eigenvalue weighted by Crippen LogP contribution is -2.28. The molecule has 0 unspecified atom stereocenters. The second kappa shape index (κ2) is 7.06. The van der Waals surface area contributed by atoms with Gasteiger partial charge in [-0.1, -0.05) is 42.1 Å². The maximum Gasteiger partial charge on any atom is 0.253 e. The maximum absolute atomic E-state index is 12.1. The molecular weight excluding hydrogens is 346 g/mol. The predicted octanol–water partition coefficient (Wildman–Crippen LogP) is 2.66. The van der Waals surface area contributed by atoms with Crippen LogP contribution in [0.15, 0.2) is 45.5 Å². The Bertz CT molecular complexity index is 921. The third-order valence-corrected chi connectivity index (χ3v) is 5.57. The fourth-order valence-corrected chi connectivity index (χ4v) is 4.02. The van der Waals surface area contributed by atoms with Gasteiger partial charge in [0.1, 0.15) is 10.4 Å². The monoisotopic (exact) mass is 361 g/mol. The van der Waals surface area contributed by atoms with Crippen molar-refractivity contribution in [1.82, 2.24) is 15.3 Å². The number of H-pyrrole nitrogens is 1. The average molecular weight is 361 g/mol. The van der Waals surface area contributed by atoms with Crippen molar-refractivity contribution in [3.63, 3.8) is 0 Å². The molecule has 2 heterocycles. The van der Waals surface area contributed by atoms with E-state index in [1.807, 2.05) is 37.3 Å². The van der Waals surface area contributed by atoms with Crippen molar-refractivity contribution < 1.29 is 9.90 Å². The van der Waals surface area contributed by atoms with E-state index in [2.05, 4.69) is 15.3 Å². The standard InChI is InChI=1S/C16H15N3O3S2/c1-9(10-5-3-2-4-6-10)17-13(22)8-23-16-19-15-14(24-16)11(20)7-12(21)18-15/h2-7,9H,8H2,1H3,(H,17,22)(H2,18,20,21)/t9-/m0/s1. The molecule has 0 aliphatic heterocycles. The second-order valence-corrected chi connectivity index (χ2v) is 7.39. The highest BCUT2D eigenvalue weighted by molar-refractivity contribution is 8.01. The molecule has 1 amide bonds. The van der Waals surface area contributed by atoms with Crippen LogP contribution in [0.3, 0.4) is 0 Å². The number of carbonyl (C=O) groups excluding carboxylic acids is 1. The highest BCUT2D eigenvalue weighted by Crippen LogP contribution is 2.32. The fourth-order valence-electron chi connectivity index (χ4n) is 2.20. The molecule has 6 nitrogen and oxygen atoms in total. The van der Waals surface area contributed by atoms with Gasteiger partial charge in [-0.15, -0.1) is 11.3 Å². The van der Waals surface area contributed by atoms with E-state index >= 15 is 0 Å². The van der Waals surface area contributed by atoms with Crippen LogP contribution < -0.4 is 10.9 Å². The number of carbonyl (C=O) groups is 1. The van der Waals surface area contributed by atoms with Gasteiger partial charge in [0.2, 0.25) is 5.91 Å². The molecule has 1 atom stereocenters. The lowest BCUT2D eigenvalue weighted by molar-refractivity contribution is -0.119. The van der Waals surface area contributed by atoms with Gasteiger partial charge in [-0.25, -0.2) is 4.98 Å². The van der Waals surface area contributed by atoms with E-state index in [4.69, 9.17) is 0 Å². The van der Waals surface area contributed by atoms with Crippen LogP contribution >= 0.6 is 23.1 Å². The molecule has 8 heteroatoms. The summed E-state index contributed by atoms with van der Waals surface area (Å²) in [5.74, 6) is 0.00991. The Balaban J connectivity index is 1.62. The number of benzene rings is 1. The molecule has 24 heavy (non-hydrogen) atoms. The number of pyridine rings is 1. The van der Waals surface area contributed by atoms with Crippen LogP contribution in [0.25, 0.3) is 10.3 Å². The molecule has 0 bridgehead atoms. The zero-order chi connectivity index (χ0) is 17.1. The number of thioether (sulfide) groups is 1. The number of aromatic amines is 1. The molecule has 3 aromatic rings. The molecule has 3 rings (SSSR count). The van der Waals surface area contributed by atoms with Crippen LogP contribution in [-0.4, -0.2) is 26.7 Å². The summed E-state index contributed by atoms with van der Waals surface area (Å²) in [7, 11) is 0. The summed E-state index contributed by atoms with van der Waals surface area (Å²) >= 11 is 2.51. The molecule has 0 spiro atoms. The number of fused-ring (bicyclic) bond motifs is 1. The van der Waals surface area contributed by atoms with E-state index < -0.39 is 5.56 Å². The van der Waals surface area contributed by atoms with E-state index in [1.165, 1.54) is 23.1 Å². The molecule has 0 radical (unpaired) electrons. The first-order valence-electron chi connectivity index (χ1n) is 7.23. The molecule has 0 aliphatic rings. The van der Waals surface area contributed by atoms with Crippen molar-refractivity contribution >= 4 is 39.4 Å². The van der Waals surface area contributed by atoms with Gasteiger partial charge in [-0.3, -0.25) is 9.59 Å². The minimum Gasteiger partial charge on any atom is -0.506 e. The third kappa shape index (κ3) is 3.77. The summed E-state index contributed by atoms with van der Waals surface area (Å²) in [5.41, 5.74) is 0.972. The van der Waals surface area contributed by atoms with Gasteiger partial charge in [0.05, 0.1) is 11.8 Å². The first-order valence-corrected chi connectivity index (χ1v) is 9.03. The Morgan fingerprint density at radius 3 is 2.92 bits per heavy atom. The van der Waals surface area contributed by atoms with Crippen LogP contribution in [0.2, 0.25) is 0 Å². The van der Waals surface area contributed by atoms with E-state index in [-0.39, 0.29) is 23.5 Å². The van der Waals surface area contributed by atoms with Crippen molar-refractivity contribution in [2.75, 3.05) is 5.75 Å². The molecule has 3 N–H and O–H groups in total. The van der Waals surface area contributed by atoms with Gasteiger partial charge in [0.25, 0.3) is 5.56 Å². The summed E-state index contributed by atoms with van der Waals surface area (Å²) in [6, 6.07) is 10.8. The first-order chi connectivity index (χ1) is 11.5. The Morgan fingerprint density at radius 2 is 2.17 bits per heavy atom. The number of hydrogen-bond donors (Lipinski definition) is 3. The SMILES string of the molecule is C[C@H](NC(=O)CSc1nc2[nH]c(=O)cc(O)c2s1)c1ccccc1. The molecule has 2 aromatic heterocycles. The number of nitrogens with one attached hydrogen (secondary N) is 2. The van der Waals surface area contributed by atoms with Gasteiger partial charge in [0.15, 0.2) is 9.99 Å². The van der Waals surface area contributed by atoms with Gasteiger partial charge >= 0.3 is 0 Å². The highest BCUT2D eigenvalue weighted by atomic mass is 32.2. The lowest BCUT2D eigenvalue weighted by atomic mass is 10.1. The first kappa shape index (κ1) is 16.5.